The molecule has 3 N–H and O–H groups in total. The SMILES string of the molecule is O=C(O)C1CCCC(C(=O)NCCNC(=O)C2CC2)C1. The summed E-state index contributed by atoms with van der Waals surface area (Å²) in [7, 11) is 0. The van der Waals surface area contributed by atoms with E-state index in [1.807, 2.05) is 0 Å². The zero-order valence-electron chi connectivity index (χ0n) is 11.6. The predicted octanol–water partition coefficient (Wildman–Crippen LogP) is 0.520. The van der Waals surface area contributed by atoms with Crippen molar-refractivity contribution in [2.75, 3.05) is 13.1 Å². The Balaban J connectivity index is 1.63. The van der Waals surface area contributed by atoms with Gasteiger partial charge in [-0.05, 0) is 32.1 Å². The van der Waals surface area contributed by atoms with E-state index in [1.54, 1.807) is 0 Å². The number of aliphatic carboxylic acids is 1. The summed E-state index contributed by atoms with van der Waals surface area (Å²) in [6.07, 6.45) is 4.57. The molecule has 0 aromatic rings. The monoisotopic (exact) mass is 282 g/mol. The van der Waals surface area contributed by atoms with Crippen LogP contribution in [0.3, 0.4) is 0 Å². The maximum Gasteiger partial charge on any atom is 0.306 e. The van der Waals surface area contributed by atoms with Gasteiger partial charge in [0.1, 0.15) is 0 Å². The highest BCUT2D eigenvalue weighted by Gasteiger charge is 2.31. The molecule has 0 aromatic heterocycles. The summed E-state index contributed by atoms with van der Waals surface area (Å²) in [5.74, 6) is -1.24. The minimum atomic E-state index is -0.806. The number of hydrogen-bond acceptors (Lipinski definition) is 3. The molecule has 2 saturated carbocycles. The van der Waals surface area contributed by atoms with Crippen LogP contribution in [0.1, 0.15) is 38.5 Å². The molecule has 0 spiro atoms. The van der Waals surface area contributed by atoms with Crippen LogP contribution in [0.4, 0.5) is 0 Å². The molecule has 2 aliphatic carbocycles. The molecule has 0 heterocycles. The Morgan fingerprint density at radius 3 is 1.95 bits per heavy atom. The molecule has 6 heteroatoms. The summed E-state index contributed by atoms with van der Waals surface area (Å²) in [5, 5.41) is 14.6. The molecule has 2 rings (SSSR count). The van der Waals surface area contributed by atoms with E-state index in [9.17, 15) is 14.4 Å². The fraction of sp³-hybridized carbons (Fsp3) is 0.786. The van der Waals surface area contributed by atoms with Crippen molar-refractivity contribution in [3.8, 4) is 0 Å². The summed E-state index contributed by atoms with van der Waals surface area (Å²) in [6.45, 7) is 0.849. The van der Waals surface area contributed by atoms with Crippen molar-refractivity contribution < 1.29 is 19.5 Å². The van der Waals surface area contributed by atoms with Crippen LogP contribution in [0.25, 0.3) is 0 Å². The minimum absolute atomic E-state index is 0.0721. The van der Waals surface area contributed by atoms with Gasteiger partial charge in [-0.2, -0.15) is 0 Å². The predicted molar refractivity (Wildman–Crippen MR) is 71.8 cm³/mol. The van der Waals surface area contributed by atoms with Crippen molar-refractivity contribution in [2.24, 2.45) is 17.8 Å². The van der Waals surface area contributed by atoms with Crippen LogP contribution >= 0.6 is 0 Å². The maximum absolute atomic E-state index is 11.9. The van der Waals surface area contributed by atoms with Crippen molar-refractivity contribution in [3.63, 3.8) is 0 Å². The highest BCUT2D eigenvalue weighted by Crippen LogP contribution is 2.29. The smallest absolute Gasteiger partial charge is 0.306 e. The van der Waals surface area contributed by atoms with E-state index in [1.165, 1.54) is 0 Å². The normalized spacial score (nSPS) is 25.8. The van der Waals surface area contributed by atoms with Gasteiger partial charge in [-0.25, -0.2) is 0 Å². The molecule has 0 radical (unpaired) electrons. The van der Waals surface area contributed by atoms with Crippen LogP contribution in [0, 0.1) is 17.8 Å². The number of carbonyl (C=O) groups excluding carboxylic acids is 2. The van der Waals surface area contributed by atoms with Gasteiger partial charge in [0.2, 0.25) is 11.8 Å². The average Bonchev–Trinajstić information content (AvgIpc) is 3.27. The zero-order chi connectivity index (χ0) is 14.5. The van der Waals surface area contributed by atoms with Crippen molar-refractivity contribution in [3.05, 3.63) is 0 Å². The van der Waals surface area contributed by atoms with E-state index in [2.05, 4.69) is 10.6 Å². The Kier molecular flexibility index (Phi) is 4.98. The summed E-state index contributed by atoms with van der Waals surface area (Å²) in [4.78, 5) is 34.3. The second-order valence-electron chi connectivity index (χ2n) is 5.76. The molecule has 2 aliphatic rings. The van der Waals surface area contributed by atoms with Crippen LogP contribution in [-0.4, -0.2) is 36.0 Å². The standard InChI is InChI=1S/C14H22N2O4/c17-12(9-4-5-9)15-6-7-16-13(18)10-2-1-3-11(8-10)14(19)20/h9-11H,1-8H2,(H,15,17)(H,16,18)(H,19,20). The first-order valence-corrected chi connectivity index (χ1v) is 7.36. The number of hydrogen-bond donors (Lipinski definition) is 3. The number of carboxylic acids is 1. The highest BCUT2D eigenvalue weighted by molar-refractivity contribution is 5.81. The fourth-order valence-electron chi connectivity index (χ4n) is 2.66. The maximum atomic E-state index is 11.9. The Morgan fingerprint density at radius 1 is 0.850 bits per heavy atom. The van der Waals surface area contributed by atoms with E-state index in [-0.39, 0.29) is 23.7 Å². The van der Waals surface area contributed by atoms with E-state index in [0.29, 0.717) is 25.9 Å². The summed E-state index contributed by atoms with van der Waals surface area (Å²) >= 11 is 0. The number of carbonyl (C=O) groups is 3. The van der Waals surface area contributed by atoms with Crippen LogP contribution in [-0.2, 0) is 14.4 Å². The molecule has 2 amide bonds. The first-order valence-electron chi connectivity index (χ1n) is 7.36. The Bertz CT molecular complexity index is 393. The molecule has 2 fully saturated rings. The van der Waals surface area contributed by atoms with Gasteiger partial charge in [0, 0.05) is 24.9 Å². The van der Waals surface area contributed by atoms with Crippen LogP contribution in [0.15, 0.2) is 0 Å². The van der Waals surface area contributed by atoms with Gasteiger partial charge in [-0.15, -0.1) is 0 Å². The molecule has 2 unspecified atom stereocenters. The minimum Gasteiger partial charge on any atom is -0.481 e. The summed E-state index contributed by atoms with van der Waals surface area (Å²) < 4.78 is 0. The third-order valence-electron chi connectivity index (χ3n) is 4.07. The van der Waals surface area contributed by atoms with E-state index in [4.69, 9.17) is 5.11 Å². The van der Waals surface area contributed by atoms with Crippen molar-refractivity contribution >= 4 is 17.8 Å². The second-order valence-corrected chi connectivity index (χ2v) is 5.76. The Morgan fingerprint density at radius 2 is 1.40 bits per heavy atom. The lowest BCUT2D eigenvalue weighted by Crippen LogP contribution is -2.39. The zero-order valence-corrected chi connectivity index (χ0v) is 11.6. The Labute approximate surface area is 118 Å². The van der Waals surface area contributed by atoms with Gasteiger partial charge < -0.3 is 15.7 Å². The quantitative estimate of drug-likeness (QED) is 0.619. The summed E-state index contributed by atoms with van der Waals surface area (Å²) in [6, 6.07) is 0. The highest BCUT2D eigenvalue weighted by atomic mass is 16.4. The van der Waals surface area contributed by atoms with E-state index in [0.717, 1.165) is 25.7 Å². The summed E-state index contributed by atoms with van der Waals surface area (Å²) in [5.41, 5.74) is 0. The topological polar surface area (TPSA) is 95.5 Å². The van der Waals surface area contributed by atoms with Gasteiger partial charge in [0.05, 0.1) is 5.92 Å². The number of nitrogens with one attached hydrogen (secondary N) is 2. The average molecular weight is 282 g/mol. The third kappa shape index (κ3) is 4.21. The molecule has 112 valence electrons. The first kappa shape index (κ1) is 14.8. The molecule has 2 atom stereocenters. The molecular weight excluding hydrogens is 260 g/mol. The Hall–Kier alpha value is -1.59. The molecule has 6 nitrogen and oxygen atoms in total. The number of carboxylic acid groups (broad SMARTS) is 1. The van der Waals surface area contributed by atoms with Gasteiger partial charge in [0.25, 0.3) is 0 Å². The van der Waals surface area contributed by atoms with Gasteiger partial charge in [-0.1, -0.05) is 6.42 Å². The van der Waals surface area contributed by atoms with Gasteiger partial charge >= 0.3 is 5.97 Å². The van der Waals surface area contributed by atoms with Gasteiger partial charge in [0.15, 0.2) is 0 Å². The molecular formula is C14H22N2O4. The number of amides is 2. The van der Waals surface area contributed by atoms with Crippen LogP contribution in [0.2, 0.25) is 0 Å². The lowest BCUT2D eigenvalue weighted by Gasteiger charge is -2.25. The number of rotatable bonds is 6. The lowest BCUT2D eigenvalue weighted by molar-refractivity contribution is -0.144. The molecule has 0 aliphatic heterocycles. The van der Waals surface area contributed by atoms with E-state index < -0.39 is 11.9 Å². The van der Waals surface area contributed by atoms with Crippen molar-refractivity contribution in [1.29, 1.82) is 0 Å². The molecule has 0 saturated heterocycles. The molecule has 20 heavy (non-hydrogen) atoms. The largest absolute Gasteiger partial charge is 0.481 e. The van der Waals surface area contributed by atoms with Crippen molar-refractivity contribution in [2.45, 2.75) is 38.5 Å². The molecule has 0 bridgehead atoms. The van der Waals surface area contributed by atoms with E-state index >= 15 is 0 Å². The fourth-order valence-corrected chi connectivity index (χ4v) is 2.66. The third-order valence-corrected chi connectivity index (χ3v) is 4.07. The van der Waals surface area contributed by atoms with Crippen LogP contribution in [0.5, 0.6) is 0 Å². The first-order chi connectivity index (χ1) is 9.58. The lowest BCUT2D eigenvalue weighted by atomic mass is 9.81. The van der Waals surface area contributed by atoms with Crippen molar-refractivity contribution in [1.82, 2.24) is 10.6 Å². The second kappa shape index (κ2) is 6.72. The van der Waals surface area contributed by atoms with Crippen LogP contribution < -0.4 is 10.6 Å². The molecule has 0 aromatic carbocycles. The van der Waals surface area contributed by atoms with Gasteiger partial charge in [-0.3, -0.25) is 14.4 Å².